The summed E-state index contributed by atoms with van der Waals surface area (Å²) in [4.78, 5) is 22.4. The number of nitro benzene ring substituents is 1. The van der Waals surface area contributed by atoms with Crippen molar-refractivity contribution in [1.82, 2.24) is 0 Å². The molecule has 0 bridgehead atoms. The molecular formula is C14H19N3O3. The average Bonchev–Trinajstić information content (AvgIpc) is 3.22. The van der Waals surface area contributed by atoms with Crippen LogP contribution >= 0.6 is 0 Å². The minimum atomic E-state index is -0.426. The van der Waals surface area contributed by atoms with Gasteiger partial charge in [0.15, 0.2) is 0 Å². The average molecular weight is 277 g/mol. The van der Waals surface area contributed by atoms with Gasteiger partial charge in [-0.3, -0.25) is 14.9 Å². The summed E-state index contributed by atoms with van der Waals surface area (Å²) in [6.45, 7) is 1.86. The Hall–Kier alpha value is -1.95. The lowest BCUT2D eigenvalue weighted by molar-refractivity contribution is -0.385. The number of aryl methyl sites for hydroxylation is 1. The topological polar surface area (TPSA) is 98.3 Å². The lowest BCUT2D eigenvalue weighted by Crippen LogP contribution is -2.28. The van der Waals surface area contributed by atoms with Gasteiger partial charge in [-0.1, -0.05) is 13.0 Å². The number of nitrogens with two attached hydrogens (primary N) is 1. The molecular weight excluding hydrogens is 258 g/mol. The first-order valence-electron chi connectivity index (χ1n) is 6.84. The molecule has 2 rings (SSSR count). The zero-order valence-corrected chi connectivity index (χ0v) is 11.5. The molecule has 1 atom stereocenters. The monoisotopic (exact) mass is 277 g/mol. The number of carbonyl (C=O) groups is 1. The standard InChI is InChI=1S/C14H19N3O3/c1-2-9-5-6-11(7-13(9)17(19)20)16-14(18)8-12(15)10-3-4-10/h5-7,10,12H,2-4,8,15H2,1H3,(H,16,18). The maximum Gasteiger partial charge on any atom is 0.274 e. The number of hydrogen-bond acceptors (Lipinski definition) is 4. The first-order chi connectivity index (χ1) is 9.51. The first-order valence-corrected chi connectivity index (χ1v) is 6.84. The van der Waals surface area contributed by atoms with Gasteiger partial charge in [0.05, 0.1) is 4.92 Å². The molecule has 0 heterocycles. The van der Waals surface area contributed by atoms with Crippen LogP contribution in [0.1, 0.15) is 31.7 Å². The quantitative estimate of drug-likeness (QED) is 0.615. The summed E-state index contributed by atoms with van der Waals surface area (Å²) in [6, 6.07) is 4.65. The third-order valence-electron chi connectivity index (χ3n) is 3.60. The number of anilines is 1. The number of hydrogen-bond donors (Lipinski definition) is 2. The van der Waals surface area contributed by atoms with Crippen molar-refractivity contribution in [2.24, 2.45) is 11.7 Å². The van der Waals surface area contributed by atoms with E-state index in [-0.39, 0.29) is 24.1 Å². The number of amides is 1. The van der Waals surface area contributed by atoms with E-state index < -0.39 is 4.92 Å². The lowest BCUT2D eigenvalue weighted by Gasteiger charge is -2.11. The third-order valence-corrected chi connectivity index (χ3v) is 3.60. The second-order valence-electron chi connectivity index (χ2n) is 5.21. The SMILES string of the molecule is CCc1ccc(NC(=O)CC(N)C2CC2)cc1[N+](=O)[O-]. The Morgan fingerprint density at radius 3 is 2.80 bits per heavy atom. The molecule has 1 unspecified atom stereocenters. The Labute approximate surface area is 117 Å². The normalized spacial score (nSPS) is 15.7. The summed E-state index contributed by atoms with van der Waals surface area (Å²) in [7, 11) is 0. The van der Waals surface area contributed by atoms with Gasteiger partial charge in [0.2, 0.25) is 5.91 Å². The van der Waals surface area contributed by atoms with Crippen molar-refractivity contribution in [3.63, 3.8) is 0 Å². The molecule has 1 saturated carbocycles. The highest BCUT2D eigenvalue weighted by molar-refractivity contribution is 5.91. The van der Waals surface area contributed by atoms with Crippen LogP contribution in [0.5, 0.6) is 0 Å². The van der Waals surface area contributed by atoms with Crippen molar-refractivity contribution in [3.8, 4) is 0 Å². The highest BCUT2D eigenvalue weighted by Gasteiger charge is 2.29. The molecule has 0 aromatic heterocycles. The second kappa shape index (κ2) is 6.00. The summed E-state index contributed by atoms with van der Waals surface area (Å²) in [6.07, 6.45) is 3.02. The van der Waals surface area contributed by atoms with Crippen molar-refractivity contribution in [2.45, 2.75) is 38.6 Å². The van der Waals surface area contributed by atoms with Gasteiger partial charge in [0, 0.05) is 29.8 Å². The van der Waals surface area contributed by atoms with Crippen molar-refractivity contribution in [3.05, 3.63) is 33.9 Å². The largest absolute Gasteiger partial charge is 0.327 e. The fourth-order valence-electron chi connectivity index (χ4n) is 2.23. The molecule has 20 heavy (non-hydrogen) atoms. The fraction of sp³-hybridized carbons (Fsp3) is 0.500. The van der Waals surface area contributed by atoms with Gasteiger partial charge in [-0.25, -0.2) is 0 Å². The molecule has 1 aliphatic carbocycles. The number of nitrogens with zero attached hydrogens (tertiary/aromatic N) is 1. The van der Waals surface area contributed by atoms with Crippen molar-refractivity contribution in [1.29, 1.82) is 0 Å². The number of nitrogens with one attached hydrogen (secondary N) is 1. The van der Waals surface area contributed by atoms with Crippen LogP contribution in [0.25, 0.3) is 0 Å². The van der Waals surface area contributed by atoms with Crippen LogP contribution in [0.2, 0.25) is 0 Å². The van der Waals surface area contributed by atoms with Crippen LogP contribution < -0.4 is 11.1 Å². The molecule has 0 spiro atoms. The smallest absolute Gasteiger partial charge is 0.274 e. The molecule has 0 saturated heterocycles. The van der Waals surface area contributed by atoms with Gasteiger partial charge in [0.1, 0.15) is 0 Å². The molecule has 6 nitrogen and oxygen atoms in total. The van der Waals surface area contributed by atoms with Gasteiger partial charge >= 0.3 is 0 Å². The zero-order valence-electron chi connectivity index (χ0n) is 11.5. The van der Waals surface area contributed by atoms with E-state index in [4.69, 9.17) is 5.73 Å². The Morgan fingerprint density at radius 1 is 1.55 bits per heavy atom. The van der Waals surface area contributed by atoms with E-state index in [0.717, 1.165) is 12.8 Å². The van der Waals surface area contributed by atoms with Crippen LogP contribution in [0.15, 0.2) is 18.2 Å². The summed E-state index contributed by atoms with van der Waals surface area (Å²) < 4.78 is 0. The summed E-state index contributed by atoms with van der Waals surface area (Å²) in [5.74, 6) is 0.264. The lowest BCUT2D eigenvalue weighted by atomic mass is 10.1. The molecule has 0 radical (unpaired) electrons. The van der Waals surface area contributed by atoms with Gasteiger partial charge in [-0.05, 0) is 31.2 Å². The molecule has 1 aromatic carbocycles. The minimum absolute atomic E-state index is 0.0387. The first kappa shape index (κ1) is 14.5. The van der Waals surface area contributed by atoms with Gasteiger partial charge in [-0.15, -0.1) is 0 Å². The Kier molecular flexibility index (Phi) is 4.34. The van der Waals surface area contributed by atoms with E-state index in [1.165, 1.54) is 6.07 Å². The van der Waals surface area contributed by atoms with Crippen LogP contribution in [-0.2, 0) is 11.2 Å². The van der Waals surface area contributed by atoms with Crippen molar-refractivity contribution in [2.75, 3.05) is 5.32 Å². The second-order valence-corrected chi connectivity index (χ2v) is 5.21. The third kappa shape index (κ3) is 3.54. The minimum Gasteiger partial charge on any atom is -0.327 e. The molecule has 3 N–H and O–H groups in total. The highest BCUT2D eigenvalue weighted by Crippen LogP contribution is 2.33. The zero-order chi connectivity index (χ0) is 14.7. The van der Waals surface area contributed by atoms with Crippen LogP contribution in [0, 0.1) is 16.0 Å². The highest BCUT2D eigenvalue weighted by atomic mass is 16.6. The van der Waals surface area contributed by atoms with E-state index in [1.54, 1.807) is 12.1 Å². The predicted octanol–water partition coefficient (Wildman–Crippen LogP) is 2.22. The molecule has 1 amide bonds. The van der Waals surface area contributed by atoms with Crippen molar-refractivity contribution < 1.29 is 9.72 Å². The number of rotatable bonds is 6. The summed E-state index contributed by atoms with van der Waals surface area (Å²) in [5.41, 5.74) is 7.03. The molecule has 1 aliphatic rings. The van der Waals surface area contributed by atoms with Gasteiger partial charge < -0.3 is 11.1 Å². The maximum absolute atomic E-state index is 11.8. The molecule has 108 valence electrons. The molecule has 6 heteroatoms. The number of benzene rings is 1. The predicted molar refractivity (Wildman–Crippen MR) is 76.4 cm³/mol. The Morgan fingerprint density at radius 2 is 2.25 bits per heavy atom. The fourth-order valence-corrected chi connectivity index (χ4v) is 2.23. The molecule has 1 fully saturated rings. The van der Waals surface area contributed by atoms with Crippen molar-refractivity contribution >= 4 is 17.3 Å². The van der Waals surface area contributed by atoms with E-state index in [1.807, 2.05) is 6.92 Å². The van der Waals surface area contributed by atoms with E-state index >= 15 is 0 Å². The van der Waals surface area contributed by atoms with E-state index in [2.05, 4.69) is 5.32 Å². The summed E-state index contributed by atoms with van der Waals surface area (Å²) in [5, 5.41) is 13.6. The number of nitro groups is 1. The van der Waals surface area contributed by atoms with Crippen LogP contribution in [-0.4, -0.2) is 16.9 Å². The van der Waals surface area contributed by atoms with Gasteiger partial charge in [-0.2, -0.15) is 0 Å². The maximum atomic E-state index is 11.8. The molecule has 1 aromatic rings. The Bertz CT molecular complexity index is 526. The summed E-state index contributed by atoms with van der Waals surface area (Å²) >= 11 is 0. The van der Waals surface area contributed by atoms with Crippen LogP contribution in [0.3, 0.4) is 0 Å². The van der Waals surface area contributed by atoms with E-state index in [0.29, 0.717) is 23.6 Å². The van der Waals surface area contributed by atoms with E-state index in [9.17, 15) is 14.9 Å². The molecule has 0 aliphatic heterocycles. The van der Waals surface area contributed by atoms with Crippen LogP contribution in [0.4, 0.5) is 11.4 Å². The Balaban J connectivity index is 2.03. The van der Waals surface area contributed by atoms with Gasteiger partial charge in [0.25, 0.3) is 5.69 Å². The number of carbonyl (C=O) groups excluding carboxylic acids is 1.